The molecule has 0 aromatic carbocycles. The number of halogens is 1. The fraction of sp³-hybridized carbons (Fsp3) is 0.600. The van der Waals surface area contributed by atoms with Crippen LogP contribution in [0.2, 0.25) is 0 Å². The highest BCUT2D eigenvalue weighted by Crippen LogP contribution is 2.26. The zero-order valence-corrected chi connectivity index (χ0v) is 15.1. The maximum absolute atomic E-state index is 12.5. The van der Waals surface area contributed by atoms with E-state index < -0.39 is 5.54 Å². The Morgan fingerprint density at radius 3 is 3.09 bits per heavy atom. The summed E-state index contributed by atoms with van der Waals surface area (Å²) in [6.07, 6.45) is 1.51. The van der Waals surface area contributed by atoms with Gasteiger partial charge in [-0.2, -0.15) is 0 Å². The first-order valence-corrected chi connectivity index (χ1v) is 8.12. The molecule has 2 N–H and O–H groups in total. The second-order valence-electron chi connectivity index (χ2n) is 5.72. The molecule has 1 aromatic rings. The van der Waals surface area contributed by atoms with Gasteiger partial charge in [-0.15, -0.1) is 0 Å². The summed E-state index contributed by atoms with van der Waals surface area (Å²) in [7, 11) is 3.42. The van der Waals surface area contributed by atoms with E-state index in [-0.39, 0.29) is 25.1 Å². The molecule has 0 aliphatic carbocycles. The Hall–Kier alpha value is -1.22. The minimum Gasteiger partial charge on any atom is -0.480 e. The smallest absolute Gasteiger partial charge is 0.252 e. The fourth-order valence-corrected chi connectivity index (χ4v) is 3.15. The van der Waals surface area contributed by atoms with Crippen molar-refractivity contribution < 1.29 is 19.4 Å². The van der Waals surface area contributed by atoms with Gasteiger partial charge in [0.1, 0.15) is 0 Å². The van der Waals surface area contributed by atoms with Gasteiger partial charge >= 0.3 is 0 Å². The molecular formula is C15H22BrN3O4. The maximum atomic E-state index is 12.5. The Morgan fingerprint density at radius 2 is 2.43 bits per heavy atom. The molecule has 7 nitrogen and oxygen atoms in total. The highest BCUT2D eigenvalue weighted by atomic mass is 79.9. The Labute approximate surface area is 144 Å². The van der Waals surface area contributed by atoms with Gasteiger partial charge in [-0.3, -0.25) is 9.69 Å². The molecule has 0 radical (unpaired) electrons. The Morgan fingerprint density at radius 1 is 1.70 bits per heavy atom. The lowest BCUT2D eigenvalue weighted by atomic mass is 9.96. The Balaban J connectivity index is 2.11. The van der Waals surface area contributed by atoms with Crippen LogP contribution in [0.5, 0.6) is 5.88 Å². The number of aliphatic hydroxyl groups is 1. The molecule has 23 heavy (non-hydrogen) atoms. The zero-order chi connectivity index (χ0) is 17.0. The van der Waals surface area contributed by atoms with E-state index in [4.69, 9.17) is 9.47 Å². The number of likely N-dealkylation sites (N-methyl/N-ethyl adjacent to an activating group) is 1. The molecule has 1 saturated heterocycles. The van der Waals surface area contributed by atoms with Crippen LogP contribution >= 0.6 is 15.9 Å². The maximum Gasteiger partial charge on any atom is 0.252 e. The summed E-state index contributed by atoms with van der Waals surface area (Å²) in [5.41, 5.74) is -0.200. The summed E-state index contributed by atoms with van der Waals surface area (Å²) in [4.78, 5) is 18.5. The summed E-state index contributed by atoms with van der Waals surface area (Å²) in [5.74, 6) is 0.0817. The second-order valence-corrected chi connectivity index (χ2v) is 6.51. The van der Waals surface area contributed by atoms with E-state index in [1.165, 1.54) is 13.3 Å². The average molecular weight is 388 g/mol. The molecule has 8 heteroatoms. The van der Waals surface area contributed by atoms with Crippen molar-refractivity contribution in [2.45, 2.75) is 18.5 Å². The SMILES string of the molecule is COc1nccc(C(=O)NC[C@]2(CO)COC[C@@H](C)N2C)c1Br. The van der Waals surface area contributed by atoms with Crippen LogP contribution in [0.4, 0.5) is 0 Å². The number of nitrogens with zero attached hydrogens (tertiary/aromatic N) is 2. The van der Waals surface area contributed by atoms with Crippen molar-refractivity contribution in [2.75, 3.05) is 40.5 Å². The van der Waals surface area contributed by atoms with E-state index in [1.54, 1.807) is 6.07 Å². The Kier molecular flexibility index (Phi) is 5.96. The lowest BCUT2D eigenvalue weighted by Gasteiger charge is -2.47. The minimum absolute atomic E-state index is 0.102. The van der Waals surface area contributed by atoms with Crippen LogP contribution in [0.25, 0.3) is 0 Å². The molecular weight excluding hydrogens is 366 g/mol. The molecule has 0 saturated carbocycles. The normalized spacial score (nSPS) is 25.2. The van der Waals surface area contributed by atoms with Crippen molar-refractivity contribution in [1.82, 2.24) is 15.2 Å². The van der Waals surface area contributed by atoms with Gasteiger partial charge in [-0.05, 0) is 36.0 Å². The first kappa shape index (κ1) is 18.1. The van der Waals surface area contributed by atoms with Crippen LogP contribution in [0.15, 0.2) is 16.7 Å². The number of carbonyl (C=O) groups excluding carboxylic acids is 1. The van der Waals surface area contributed by atoms with Crippen molar-refractivity contribution in [1.29, 1.82) is 0 Å². The van der Waals surface area contributed by atoms with Gasteiger partial charge in [0.15, 0.2) is 0 Å². The number of pyridine rings is 1. The van der Waals surface area contributed by atoms with Gasteiger partial charge in [-0.1, -0.05) is 0 Å². The highest BCUT2D eigenvalue weighted by molar-refractivity contribution is 9.10. The summed E-state index contributed by atoms with van der Waals surface area (Å²) in [6, 6.07) is 1.78. The van der Waals surface area contributed by atoms with Crippen LogP contribution in [0.1, 0.15) is 17.3 Å². The van der Waals surface area contributed by atoms with Gasteiger partial charge in [0.05, 0.1) is 42.5 Å². The number of aliphatic hydroxyl groups excluding tert-OH is 1. The number of hydrogen-bond acceptors (Lipinski definition) is 6. The van der Waals surface area contributed by atoms with E-state index in [1.807, 2.05) is 14.0 Å². The fourth-order valence-electron chi connectivity index (χ4n) is 2.57. The van der Waals surface area contributed by atoms with Crippen molar-refractivity contribution >= 4 is 21.8 Å². The van der Waals surface area contributed by atoms with Gasteiger partial charge in [-0.25, -0.2) is 4.98 Å². The first-order valence-electron chi connectivity index (χ1n) is 7.33. The summed E-state index contributed by atoms with van der Waals surface area (Å²) in [5, 5.41) is 12.7. The molecule has 1 aliphatic rings. The topological polar surface area (TPSA) is 83.9 Å². The quantitative estimate of drug-likeness (QED) is 0.772. The molecule has 1 aliphatic heterocycles. The van der Waals surface area contributed by atoms with E-state index in [0.29, 0.717) is 29.1 Å². The van der Waals surface area contributed by atoms with Crippen LogP contribution < -0.4 is 10.1 Å². The standard InChI is InChI=1S/C15H22BrN3O4/c1-10-6-23-9-15(8-20,19(10)2)7-18-13(21)11-4-5-17-14(22-3)12(11)16/h4-5,10,20H,6-9H2,1-3H3,(H,18,21)/t10-,15+/m1/s1. The number of hydrogen-bond donors (Lipinski definition) is 2. The molecule has 1 amide bonds. The van der Waals surface area contributed by atoms with Gasteiger partial charge in [0, 0.05) is 18.8 Å². The summed E-state index contributed by atoms with van der Waals surface area (Å²) < 4.78 is 11.2. The predicted octanol–water partition coefficient (Wildman–Crippen LogP) is 0.664. The van der Waals surface area contributed by atoms with E-state index >= 15 is 0 Å². The molecule has 0 spiro atoms. The lowest BCUT2D eigenvalue weighted by molar-refractivity contribution is -0.105. The van der Waals surface area contributed by atoms with E-state index in [9.17, 15) is 9.90 Å². The van der Waals surface area contributed by atoms with Gasteiger partial charge < -0.3 is 19.9 Å². The third-order valence-corrected chi connectivity index (χ3v) is 5.07. The van der Waals surface area contributed by atoms with E-state index in [0.717, 1.165) is 0 Å². The Bertz CT molecular complexity index is 572. The molecule has 2 atom stereocenters. The van der Waals surface area contributed by atoms with Crippen molar-refractivity contribution in [2.24, 2.45) is 0 Å². The van der Waals surface area contributed by atoms with Crippen LogP contribution in [0.3, 0.4) is 0 Å². The van der Waals surface area contributed by atoms with Crippen LogP contribution in [-0.4, -0.2) is 73.0 Å². The largest absolute Gasteiger partial charge is 0.480 e. The third kappa shape index (κ3) is 3.65. The summed E-state index contributed by atoms with van der Waals surface area (Å²) >= 11 is 3.33. The highest BCUT2D eigenvalue weighted by Gasteiger charge is 2.40. The number of amides is 1. The van der Waals surface area contributed by atoms with Gasteiger partial charge in [0.25, 0.3) is 5.91 Å². The summed E-state index contributed by atoms with van der Waals surface area (Å²) in [6.45, 7) is 3.18. The predicted molar refractivity (Wildman–Crippen MR) is 88.7 cm³/mol. The number of rotatable bonds is 5. The monoisotopic (exact) mass is 387 g/mol. The van der Waals surface area contributed by atoms with Crippen LogP contribution in [-0.2, 0) is 4.74 Å². The number of morpholine rings is 1. The third-order valence-electron chi connectivity index (χ3n) is 4.31. The number of methoxy groups -OCH3 is 1. The lowest BCUT2D eigenvalue weighted by Crippen LogP contribution is -2.65. The zero-order valence-electron chi connectivity index (χ0n) is 13.5. The number of aromatic nitrogens is 1. The van der Waals surface area contributed by atoms with Crippen molar-refractivity contribution in [3.63, 3.8) is 0 Å². The molecule has 0 unspecified atom stereocenters. The number of nitrogens with one attached hydrogen (secondary N) is 1. The first-order chi connectivity index (χ1) is 10.9. The second kappa shape index (κ2) is 7.57. The molecule has 1 fully saturated rings. The van der Waals surface area contributed by atoms with Gasteiger partial charge in [0.2, 0.25) is 5.88 Å². The molecule has 1 aromatic heterocycles. The molecule has 0 bridgehead atoms. The van der Waals surface area contributed by atoms with Crippen molar-refractivity contribution in [3.05, 3.63) is 22.3 Å². The molecule has 2 heterocycles. The van der Waals surface area contributed by atoms with Crippen LogP contribution in [0, 0.1) is 0 Å². The van der Waals surface area contributed by atoms with Crippen molar-refractivity contribution in [3.8, 4) is 5.88 Å². The van der Waals surface area contributed by atoms with E-state index in [2.05, 4.69) is 31.1 Å². The minimum atomic E-state index is -0.628. The molecule has 128 valence electrons. The number of carbonyl (C=O) groups is 1. The average Bonchev–Trinajstić information content (AvgIpc) is 2.56. The number of ether oxygens (including phenoxy) is 2. The molecule has 2 rings (SSSR count).